The van der Waals surface area contributed by atoms with Crippen molar-refractivity contribution >= 4 is 5.97 Å². The van der Waals surface area contributed by atoms with Gasteiger partial charge in [-0.05, 0) is 23.6 Å². The Kier molecular flexibility index (Phi) is 3.67. The summed E-state index contributed by atoms with van der Waals surface area (Å²) in [7, 11) is 0. The molecule has 98 valence electrons. The third-order valence-corrected chi connectivity index (χ3v) is 3.09. The van der Waals surface area contributed by atoms with Gasteiger partial charge in [0.25, 0.3) is 0 Å². The van der Waals surface area contributed by atoms with Gasteiger partial charge in [-0.1, -0.05) is 54.6 Å². The maximum absolute atomic E-state index is 10.9. The molecule has 0 amide bonds. The van der Waals surface area contributed by atoms with Gasteiger partial charge in [-0.15, -0.1) is 0 Å². The molecule has 0 fully saturated rings. The predicted molar refractivity (Wildman–Crippen MR) is 73.7 cm³/mol. The van der Waals surface area contributed by atoms with E-state index in [0.717, 1.165) is 11.1 Å². The van der Waals surface area contributed by atoms with Crippen molar-refractivity contribution in [1.82, 2.24) is 0 Å². The van der Waals surface area contributed by atoms with Crippen molar-refractivity contribution in [3.63, 3.8) is 0 Å². The van der Waals surface area contributed by atoms with Gasteiger partial charge in [0.05, 0.1) is 12.0 Å². The van der Waals surface area contributed by atoms with E-state index >= 15 is 0 Å². The predicted octanol–water partition coefficient (Wildman–Crippen LogP) is 3.04. The van der Waals surface area contributed by atoms with Crippen LogP contribution in [0.25, 0.3) is 11.1 Å². The zero-order valence-corrected chi connectivity index (χ0v) is 10.7. The molecule has 2 aromatic rings. The molecule has 3 nitrogen and oxygen atoms in total. The maximum Gasteiger partial charge on any atom is 0.306 e. The van der Waals surface area contributed by atoms with E-state index in [1.807, 2.05) is 42.5 Å². The Hall–Kier alpha value is -2.13. The summed E-state index contributed by atoms with van der Waals surface area (Å²) in [6, 6.07) is 17.0. The molecule has 0 saturated heterocycles. The number of hydrogen-bond acceptors (Lipinski definition) is 2. The van der Waals surface area contributed by atoms with Gasteiger partial charge >= 0.3 is 5.97 Å². The number of benzene rings is 2. The van der Waals surface area contributed by atoms with Crippen LogP contribution in [-0.2, 0) is 10.4 Å². The molecule has 0 aliphatic carbocycles. The molecule has 1 atom stereocenters. The Morgan fingerprint density at radius 1 is 1.05 bits per heavy atom. The third-order valence-electron chi connectivity index (χ3n) is 3.09. The topological polar surface area (TPSA) is 57.5 Å². The van der Waals surface area contributed by atoms with Gasteiger partial charge < -0.3 is 10.2 Å². The molecule has 2 N–H and O–H groups in total. The Morgan fingerprint density at radius 3 is 2.26 bits per heavy atom. The van der Waals surface area contributed by atoms with E-state index < -0.39 is 11.6 Å². The van der Waals surface area contributed by atoms with Crippen molar-refractivity contribution in [3.05, 3.63) is 60.2 Å². The van der Waals surface area contributed by atoms with Gasteiger partial charge in [-0.2, -0.15) is 0 Å². The van der Waals surface area contributed by atoms with E-state index in [-0.39, 0.29) is 6.42 Å². The number of aliphatic carboxylic acids is 1. The number of aliphatic hydroxyl groups is 1. The van der Waals surface area contributed by atoms with Crippen LogP contribution in [0.4, 0.5) is 0 Å². The van der Waals surface area contributed by atoms with Gasteiger partial charge in [0, 0.05) is 0 Å². The molecule has 0 aliphatic rings. The molecule has 19 heavy (non-hydrogen) atoms. The minimum Gasteiger partial charge on any atom is -0.481 e. The van der Waals surface area contributed by atoms with Gasteiger partial charge in [-0.3, -0.25) is 4.79 Å². The summed E-state index contributed by atoms with van der Waals surface area (Å²) in [6.07, 6.45) is -0.323. The van der Waals surface area contributed by atoms with Crippen LogP contribution in [0.2, 0.25) is 0 Å². The summed E-state index contributed by atoms with van der Waals surface area (Å²) in [6.45, 7) is 1.53. The molecular formula is C16H16O3. The normalized spacial score (nSPS) is 13.8. The fourth-order valence-corrected chi connectivity index (χ4v) is 2.21. The number of hydrogen-bond donors (Lipinski definition) is 2. The second kappa shape index (κ2) is 5.24. The van der Waals surface area contributed by atoms with E-state index in [4.69, 9.17) is 5.11 Å². The first-order valence-electron chi connectivity index (χ1n) is 6.10. The van der Waals surface area contributed by atoms with E-state index in [1.165, 1.54) is 6.92 Å². The second-order valence-electron chi connectivity index (χ2n) is 4.76. The first-order chi connectivity index (χ1) is 9.00. The number of rotatable bonds is 4. The highest BCUT2D eigenvalue weighted by Crippen LogP contribution is 2.33. The standard InChI is InChI=1S/C16H16O3/c1-16(19,11-15(17)18)14-10-6-5-9-13(14)12-7-3-2-4-8-12/h2-10,19H,11H2,1H3,(H,17,18). The number of carboxylic acid groups (broad SMARTS) is 1. The highest BCUT2D eigenvalue weighted by molar-refractivity contribution is 5.72. The van der Waals surface area contributed by atoms with Crippen molar-refractivity contribution in [3.8, 4) is 11.1 Å². The lowest BCUT2D eigenvalue weighted by Crippen LogP contribution is -2.25. The van der Waals surface area contributed by atoms with Gasteiger partial charge in [0.1, 0.15) is 0 Å². The number of carbonyl (C=O) groups is 1. The average molecular weight is 256 g/mol. The van der Waals surface area contributed by atoms with Crippen molar-refractivity contribution in [1.29, 1.82) is 0 Å². The molecule has 3 heteroatoms. The summed E-state index contributed by atoms with van der Waals surface area (Å²) in [5.74, 6) is -1.02. The molecule has 0 spiro atoms. The highest BCUT2D eigenvalue weighted by atomic mass is 16.4. The minimum absolute atomic E-state index is 0.323. The van der Waals surface area contributed by atoms with Crippen molar-refractivity contribution in [2.24, 2.45) is 0 Å². The lowest BCUT2D eigenvalue weighted by Gasteiger charge is -2.24. The molecule has 0 saturated carbocycles. The fraction of sp³-hybridized carbons (Fsp3) is 0.188. The lowest BCUT2D eigenvalue weighted by molar-refractivity contribution is -0.142. The molecule has 0 heterocycles. The van der Waals surface area contributed by atoms with Crippen molar-refractivity contribution in [2.75, 3.05) is 0 Å². The summed E-state index contributed by atoms with van der Waals surface area (Å²) in [5, 5.41) is 19.3. The molecule has 2 aromatic carbocycles. The van der Waals surface area contributed by atoms with Crippen LogP contribution in [0.3, 0.4) is 0 Å². The Bertz CT molecular complexity index is 574. The summed E-state index contributed by atoms with van der Waals surface area (Å²) in [5.41, 5.74) is 1.06. The minimum atomic E-state index is -1.39. The molecule has 1 unspecified atom stereocenters. The van der Waals surface area contributed by atoms with E-state index in [2.05, 4.69) is 0 Å². The average Bonchev–Trinajstić information content (AvgIpc) is 2.38. The Labute approximate surface area is 112 Å². The zero-order chi connectivity index (χ0) is 13.9. The van der Waals surface area contributed by atoms with Crippen LogP contribution >= 0.6 is 0 Å². The Morgan fingerprint density at radius 2 is 1.63 bits per heavy atom. The fourth-order valence-electron chi connectivity index (χ4n) is 2.21. The lowest BCUT2D eigenvalue weighted by atomic mass is 9.86. The van der Waals surface area contributed by atoms with E-state index in [9.17, 15) is 9.90 Å². The SMILES string of the molecule is CC(O)(CC(=O)O)c1ccccc1-c1ccccc1. The van der Waals surface area contributed by atoms with Crippen LogP contribution in [0.15, 0.2) is 54.6 Å². The van der Waals surface area contributed by atoms with Gasteiger partial charge in [0.15, 0.2) is 0 Å². The Balaban J connectivity index is 2.50. The van der Waals surface area contributed by atoms with Crippen molar-refractivity contribution in [2.45, 2.75) is 18.9 Å². The van der Waals surface area contributed by atoms with E-state index in [0.29, 0.717) is 5.56 Å². The van der Waals surface area contributed by atoms with Crippen LogP contribution in [-0.4, -0.2) is 16.2 Å². The molecule has 0 bridgehead atoms. The van der Waals surface area contributed by atoms with Crippen LogP contribution in [0.5, 0.6) is 0 Å². The maximum atomic E-state index is 10.9. The van der Waals surface area contributed by atoms with Crippen LogP contribution in [0, 0.1) is 0 Å². The number of carboxylic acids is 1. The van der Waals surface area contributed by atoms with Gasteiger partial charge in [-0.25, -0.2) is 0 Å². The quantitative estimate of drug-likeness (QED) is 0.884. The highest BCUT2D eigenvalue weighted by Gasteiger charge is 2.29. The first kappa shape index (κ1) is 13.3. The van der Waals surface area contributed by atoms with E-state index in [1.54, 1.807) is 12.1 Å². The molecular weight excluding hydrogens is 240 g/mol. The van der Waals surface area contributed by atoms with Crippen LogP contribution in [0.1, 0.15) is 18.9 Å². The van der Waals surface area contributed by atoms with Crippen LogP contribution < -0.4 is 0 Å². The smallest absolute Gasteiger partial charge is 0.306 e. The zero-order valence-electron chi connectivity index (χ0n) is 10.7. The first-order valence-corrected chi connectivity index (χ1v) is 6.10. The largest absolute Gasteiger partial charge is 0.481 e. The summed E-state index contributed by atoms with van der Waals surface area (Å²) < 4.78 is 0. The molecule has 0 aromatic heterocycles. The second-order valence-corrected chi connectivity index (χ2v) is 4.76. The third kappa shape index (κ3) is 3.01. The summed E-state index contributed by atoms with van der Waals surface area (Å²) >= 11 is 0. The molecule has 2 rings (SSSR count). The molecule has 0 aliphatic heterocycles. The molecule has 0 radical (unpaired) electrons. The van der Waals surface area contributed by atoms with Crippen molar-refractivity contribution < 1.29 is 15.0 Å². The monoisotopic (exact) mass is 256 g/mol. The van der Waals surface area contributed by atoms with Gasteiger partial charge in [0.2, 0.25) is 0 Å². The summed E-state index contributed by atoms with van der Waals surface area (Å²) in [4.78, 5) is 10.9.